The van der Waals surface area contributed by atoms with Crippen LogP contribution in [0.3, 0.4) is 0 Å². The Morgan fingerprint density at radius 1 is 1.21 bits per heavy atom. The minimum absolute atomic E-state index is 0.215. The summed E-state index contributed by atoms with van der Waals surface area (Å²) in [6.45, 7) is 6.22. The molecule has 1 saturated heterocycles. The maximum Gasteiger partial charge on any atom is 0.265 e. The number of aromatic amines is 1. The number of amides is 1. The lowest BCUT2D eigenvalue weighted by Gasteiger charge is -2.38. The van der Waals surface area contributed by atoms with Gasteiger partial charge in [0.25, 0.3) is 11.5 Å². The number of benzene rings is 2. The number of aromatic nitrogens is 4. The first-order valence-electron chi connectivity index (χ1n) is 12.6. The predicted molar refractivity (Wildman–Crippen MR) is 154 cm³/mol. The summed E-state index contributed by atoms with van der Waals surface area (Å²) in [6, 6.07) is 11.7. The zero-order chi connectivity index (χ0) is 27.7. The molecular weight excluding hydrogens is 538 g/mol. The molecule has 4 aromatic rings. The molecule has 39 heavy (non-hydrogen) atoms. The lowest BCUT2D eigenvalue weighted by atomic mass is 9.78. The highest BCUT2D eigenvalue weighted by Crippen LogP contribution is 2.39. The van der Waals surface area contributed by atoms with Crippen LogP contribution in [0.1, 0.15) is 43.5 Å². The number of halogens is 1. The summed E-state index contributed by atoms with van der Waals surface area (Å²) in [4.78, 5) is 35.3. The Morgan fingerprint density at radius 2 is 1.95 bits per heavy atom. The van der Waals surface area contributed by atoms with Crippen LogP contribution in [0, 0.1) is 5.41 Å². The largest absolute Gasteiger partial charge is 0.506 e. The smallest absolute Gasteiger partial charge is 0.265 e. The molecule has 0 unspecified atom stereocenters. The molecule has 0 bridgehead atoms. The Morgan fingerprint density at radius 3 is 2.67 bits per heavy atom. The lowest BCUT2D eigenvalue weighted by Crippen LogP contribution is -2.39. The van der Waals surface area contributed by atoms with Crippen molar-refractivity contribution < 1.29 is 9.90 Å². The van der Waals surface area contributed by atoms with E-state index in [4.69, 9.17) is 17.3 Å². The van der Waals surface area contributed by atoms with Gasteiger partial charge in [-0.05, 0) is 42.5 Å². The number of rotatable bonds is 6. The van der Waals surface area contributed by atoms with Crippen LogP contribution in [-0.2, 0) is 0 Å². The number of hydrogen-bond acceptors (Lipinski definition) is 9. The molecule has 5 rings (SSSR count). The van der Waals surface area contributed by atoms with Crippen molar-refractivity contribution in [3.8, 4) is 5.75 Å². The minimum Gasteiger partial charge on any atom is -0.506 e. The van der Waals surface area contributed by atoms with Crippen molar-refractivity contribution in [1.82, 2.24) is 20.2 Å². The maximum atomic E-state index is 13.0. The third-order valence-corrected chi connectivity index (χ3v) is 8.88. The van der Waals surface area contributed by atoms with Gasteiger partial charge in [-0.3, -0.25) is 9.59 Å². The number of nitrogen functional groups attached to an aromatic ring is 1. The summed E-state index contributed by atoms with van der Waals surface area (Å²) < 4.78 is 0. The molecule has 1 amide bonds. The monoisotopic (exact) mass is 565 g/mol. The maximum absolute atomic E-state index is 13.0. The summed E-state index contributed by atoms with van der Waals surface area (Å²) in [5, 5.41) is 22.8. The molecule has 0 atom stereocenters. The van der Waals surface area contributed by atoms with Crippen molar-refractivity contribution in [2.24, 2.45) is 5.41 Å². The van der Waals surface area contributed by atoms with E-state index in [0.29, 0.717) is 32.2 Å². The van der Waals surface area contributed by atoms with E-state index in [9.17, 15) is 14.7 Å². The molecule has 2 aromatic carbocycles. The number of carbonyl (C=O) groups excluding carboxylic acids is 1. The average molecular weight is 566 g/mol. The number of carbonyl (C=O) groups is 1. The van der Waals surface area contributed by atoms with Crippen molar-refractivity contribution in [2.75, 3.05) is 29.0 Å². The summed E-state index contributed by atoms with van der Waals surface area (Å²) in [6.07, 6.45) is 3.25. The van der Waals surface area contributed by atoms with Crippen LogP contribution in [0.25, 0.3) is 10.9 Å². The van der Waals surface area contributed by atoms with Gasteiger partial charge < -0.3 is 26.0 Å². The second-order valence-electron chi connectivity index (χ2n) is 9.85. The van der Waals surface area contributed by atoms with Gasteiger partial charge in [0.2, 0.25) is 5.95 Å². The molecule has 0 saturated carbocycles. The predicted octanol–water partition coefficient (Wildman–Crippen LogP) is 5.07. The summed E-state index contributed by atoms with van der Waals surface area (Å²) >= 11 is 7.77. The van der Waals surface area contributed by atoms with Crippen LogP contribution >= 0.6 is 23.4 Å². The second kappa shape index (κ2) is 10.7. The number of pyridine rings is 1. The fourth-order valence-corrected chi connectivity index (χ4v) is 5.61. The van der Waals surface area contributed by atoms with E-state index in [1.807, 2.05) is 0 Å². The van der Waals surface area contributed by atoms with Crippen molar-refractivity contribution >= 4 is 57.6 Å². The van der Waals surface area contributed by atoms with Gasteiger partial charge in [-0.25, -0.2) is 0 Å². The van der Waals surface area contributed by atoms with Crippen LogP contribution < -0.4 is 21.5 Å². The van der Waals surface area contributed by atoms with Crippen molar-refractivity contribution in [3.05, 3.63) is 63.4 Å². The highest BCUT2D eigenvalue weighted by Gasteiger charge is 2.30. The van der Waals surface area contributed by atoms with Crippen LogP contribution in [0.5, 0.6) is 5.75 Å². The molecule has 10 nitrogen and oxygen atoms in total. The Balaban J connectivity index is 1.34. The van der Waals surface area contributed by atoms with E-state index < -0.39 is 22.8 Å². The number of nitrogens with zero attached hydrogens (tertiary/aromatic N) is 4. The topological polar surface area (TPSA) is 150 Å². The first kappa shape index (κ1) is 26.8. The third kappa shape index (κ3) is 5.37. The fraction of sp³-hybridized carbons (Fsp3) is 0.296. The van der Waals surface area contributed by atoms with E-state index in [1.165, 1.54) is 0 Å². The van der Waals surface area contributed by atoms with Gasteiger partial charge >= 0.3 is 0 Å². The number of fused-ring (bicyclic) bond motifs is 1. The van der Waals surface area contributed by atoms with E-state index in [0.717, 1.165) is 44.1 Å². The van der Waals surface area contributed by atoms with Gasteiger partial charge in [-0.15, -0.1) is 10.2 Å². The van der Waals surface area contributed by atoms with Crippen LogP contribution in [0.15, 0.2) is 57.2 Å². The summed E-state index contributed by atoms with van der Waals surface area (Å²) in [5.41, 5.74) is 6.13. The van der Waals surface area contributed by atoms with Crippen molar-refractivity contribution in [3.63, 3.8) is 0 Å². The number of anilines is 3. The van der Waals surface area contributed by atoms with Crippen molar-refractivity contribution in [2.45, 2.75) is 43.0 Å². The van der Waals surface area contributed by atoms with E-state index >= 15 is 0 Å². The quantitative estimate of drug-likeness (QED) is 0.251. The molecule has 0 aliphatic carbocycles. The minimum atomic E-state index is -0.797. The SMILES string of the molecule is CCC1(C)CCN(c2nnc(Sc3cccc(NC(=O)c4c(O)c5ccccc5[nH]c4=O)c3Cl)c(N)n2)CC1. The molecule has 5 N–H and O–H groups in total. The summed E-state index contributed by atoms with van der Waals surface area (Å²) in [5.74, 6) is -0.472. The molecule has 1 aliphatic heterocycles. The van der Waals surface area contributed by atoms with Gasteiger partial charge in [0.05, 0.1) is 16.2 Å². The third-order valence-electron chi connectivity index (χ3n) is 7.32. The average Bonchev–Trinajstić information content (AvgIpc) is 2.92. The molecule has 0 radical (unpaired) electrons. The lowest BCUT2D eigenvalue weighted by molar-refractivity contribution is 0.102. The van der Waals surface area contributed by atoms with E-state index in [-0.39, 0.29) is 16.5 Å². The van der Waals surface area contributed by atoms with Gasteiger partial charge in [-0.2, -0.15) is 4.98 Å². The molecule has 1 fully saturated rings. The number of nitrogens with two attached hydrogens (primary N) is 1. The number of piperidine rings is 1. The highest BCUT2D eigenvalue weighted by molar-refractivity contribution is 7.99. The zero-order valence-corrected chi connectivity index (χ0v) is 23.1. The number of para-hydroxylation sites is 1. The van der Waals surface area contributed by atoms with Gasteiger partial charge in [-0.1, -0.05) is 61.8 Å². The highest BCUT2D eigenvalue weighted by atomic mass is 35.5. The standard InChI is InChI=1S/C27H28ClN7O3S/c1-3-27(2)11-13-35(14-12-27)26-32-22(29)25(33-34-26)39-18-10-6-9-17(20(18)28)31-24(38)19-21(36)15-7-4-5-8-16(15)30-23(19)37/h4-10H,3,11-14H2,1-2H3,(H,31,38)(H2,29,32,34)(H2,30,36,37). The number of nitrogens with one attached hydrogen (secondary N) is 2. The van der Waals surface area contributed by atoms with Gasteiger partial charge in [0.15, 0.2) is 10.8 Å². The van der Waals surface area contributed by atoms with E-state index in [1.54, 1.807) is 42.5 Å². The first-order valence-corrected chi connectivity index (χ1v) is 13.8. The van der Waals surface area contributed by atoms with Crippen molar-refractivity contribution in [1.29, 1.82) is 0 Å². The molecule has 3 heterocycles. The molecule has 12 heteroatoms. The number of aromatic hydroxyl groups is 1. The molecule has 1 aliphatic rings. The molecule has 0 spiro atoms. The Hall–Kier alpha value is -3.83. The number of hydrogen-bond donors (Lipinski definition) is 4. The Bertz CT molecular complexity index is 1620. The Labute approximate surface area is 234 Å². The normalized spacial score (nSPS) is 14.9. The van der Waals surface area contributed by atoms with Crippen LogP contribution in [-0.4, -0.2) is 44.3 Å². The first-order chi connectivity index (χ1) is 18.7. The fourth-order valence-electron chi connectivity index (χ4n) is 4.54. The molecule has 2 aromatic heterocycles. The molecule has 202 valence electrons. The zero-order valence-electron chi connectivity index (χ0n) is 21.5. The summed E-state index contributed by atoms with van der Waals surface area (Å²) in [7, 11) is 0. The van der Waals surface area contributed by atoms with Gasteiger partial charge in [0, 0.05) is 23.4 Å². The molecular formula is C27H28ClN7O3S. The van der Waals surface area contributed by atoms with E-state index in [2.05, 4.69) is 44.2 Å². The number of H-pyrrole nitrogens is 1. The van der Waals surface area contributed by atoms with Crippen LogP contribution in [0.2, 0.25) is 5.02 Å². The Kier molecular flexibility index (Phi) is 7.37. The van der Waals surface area contributed by atoms with Gasteiger partial charge in [0.1, 0.15) is 11.3 Å². The van der Waals surface area contributed by atoms with Crippen LogP contribution in [0.4, 0.5) is 17.5 Å². The second-order valence-corrected chi connectivity index (χ2v) is 11.3.